The highest BCUT2D eigenvalue weighted by Crippen LogP contribution is 1.89. The van der Waals surface area contributed by atoms with Crippen LogP contribution in [0.2, 0.25) is 0 Å². The average molecular weight is 173 g/mol. The summed E-state index contributed by atoms with van der Waals surface area (Å²) >= 11 is 0. The van der Waals surface area contributed by atoms with Crippen molar-refractivity contribution in [3.8, 4) is 0 Å². The summed E-state index contributed by atoms with van der Waals surface area (Å²) < 4.78 is 0. The molecule has 6 nitrogen and oxygen atoms in total. The number of aliphatic hydroxyl groups is 1. The Bertz CT molecular complexity index is 184. The Morgan fingerprint density at radius 2 is 2.00 bits per heavy atom. The van der Waals surface area contributed by atoms with Gasteiger partial charge in [-0.15, -0.1) is 0 Å². The summed E-state index contributed by atoms with van der Waals surface area (Å²) in [6.07, 6.45) is 0.135. The van der Waals surface area contributed by atoms with E-state index in [4.69, 9.17) is 22.3 Å². The van der Waals surface area contributed by atoms with Crippen molar-refractivity contribution in [3.63, 3.8) is 0 Å². The predicted octanol–water partition coefficient (Wildman–Crippen LogP) is -1.65. The molecule has 0 aliphatic rings. The van der Waals surface area contributed by atoms with E-state index < -0.39 is 6.10 Å². The number of hydrogen-bond donors (Lipinski definition) is 4. The van der Waals surface area contributed by atoms with Gasteiger partial charge in [-0.2, -0.15) is 4.99 Å². The third kappa shape index (κ3) is 5.48. The summed E-state index contributed by atoms with van der Waals surface area (Å²) in [6, 6.07) is 0. The third-order valence-electron chi connectivity index (χ3n) is 1.18. The molecule has 70 valence electrons. The molecule has 12 heavy (non-hydrogen) atoms. The van der Waals surface area contributed by atoms with Crippen molar-refractivity contribution in [1.29, 1.82) is 0 Å². The van der Waals surface area contributed by atoms with Gasteiger partial charge in [0.2, 0.25) is 5.96 Å². The van der Waals surface area contributed by atoms with Crippen LogP contribution in [0, 0.1) is 0 Å². The van der Waals surface area contributed by atoms with Crippen LogP contribution >= 0.6 is 0 Å². The van der Waals surface area contributed by atoms with Crippen LogP contribution in [0.4, 0.5) is 0 Å². The topological polar surface area (TPSA) is 123 Å². The van der Waals surface area contributed by atoms with Gasteiger partial charge >= 0.3 is 0 Å². The van der Waals surface area contributed by atoms with Crippen LogP contribution in [0.5, 0.6) is 0 Å². The first-order valence-corrected chi connectivity index (χ1v) is 3.63. The summed E-state index contributed by atoms with van der Waals surface area (Å²) in [7, 11) is 0. The molecule has 6 heteroatoms. The number of rotatable bonds is 3. The molecule has 0 radical (unpaired) electrons. The molecule has 1 unspecified atom stereocenters. The maximum atomic E-state index is 9.07. The minimum Gasteiger partial charge on any atom is -0.391 e. The molecule has 0 spiro atoms. The molecule has 0 saturated heterocycles. The third-order valence-corrected chi connectivity index (χ3v) is 1.18. The molecule has 0 heterocycles. The molecule has 0 aromatic rings. The van der Waals surface area contributed by atoms with Crippen molar-refractivity contribution in [2.24, 2.45) is 27.2 Å². The Kier molecular flexibility index (Phi) is 4.78. The summed E-state index contributed by atoms with van der Waals surface area (Å²) in [5.41, 5.74) is 15.3. The van der Waals surface area contributed by atoms with Crippen LogP contribution in [0.15, 0.2) is 9.98 Å². The number of nitrogens with two attached hydrogens (primary N) is 3. The summed E-state index contributed by atoms with van der Waals surface area (Å²) in [5.74, 6) is -0.148. The monoisotopic (exact) mass is 173 g/mol. The number of hydrogen-bond acceptors (Lipinski definition) is 2. The Labute approximate surface area is 71.2 Å². The van der Waals surface area contributed by atoms with Gasteiger partial charge in [0.1, 0.15) is 0 Å². The molecule has 0 aliphatic heterocycles. The van der Waals surface area contributed by atoms with Crippen molar-refractivity contribution in [1.82, 2.24) is 0 Å². The van der Waals surface area contributed by atoms with Crippen LogP contribution in [-0.2, 0) is 0 Å². The van der Waals surface area contributed by atoms with Gasteiger partial charge in [-0.1, -0.05) is 6.92 Å². The summed E-state index contributed by atoms with van der Waals surface area (Å²) in [6.45, 7) is 2.07. The number of aliphatic imine (C=N–C) groups is 2. The smallest absolute Gasteiger partial charge is 0.218 e. The minimum atomic E-state index is -0.488. The molecule has 7 N–H and O–H groups in total. The summed E-state index contributed by atoms with van der Waals surface area (Å²) in [4.78, 5) is 7.20. The second-order valence-corrected chi connectivity index (χ2v) is 2.30. The molecular weight excluding hydrogens is 158 g/mol. The Morgan fingerprint density at radius 1 is 1.42 bits per heavy atom. The van der Waals surface area contributed by atoms with Crippen LogP contribution in [-0.4, -0.2) is 29.7 Å². The van der Waals surface area contributed by atoms with Crippen molar-refractivity contribution in [2.45, 2.75) is 19.4 Å². The first-order chi connectivity index (χ1) is 5.56. The fraction of sp³-hybridized carbons (Fsp3) is 0.667. The fourth-order valence-corrected chi connectivity index (χ4v) is 0.496. The minimum absolute atomic E-state index is 0.0116. The fourth-order valence-electron chi connectivity index (χ4n) is 0.496. The maximum absolute atomic E-state index is 9.07. The SMILES string of the molecule is CCC(O)CN=C(N)N=C(N)N. The lowest BCUT2D eigenvalue weighted by Crippen LogP contribution is -2.27. The van der Waals surface area contributed by atoms with E-state index in [-0.39, 0.29) is 18.5 Å². The number of aliphatic hydroxyl groups excluding tert-OH is 1. The highest BCUT2D eigenvalue weighted by molar-refractivity contribution is 5.92. The molecular formula is C6H15N5O. The molecule has 0 aromatic heterocycles. The molecule has 0 bridgehead atoms. The van der Waals surface area contributed by atoms with Crippen molar-refractivity contribution >= 4 is 11.9 Å². The Balaban J connectivity index is 3.93. The van der Waals surface area contributed by atoms with E-state index in [1.165, 1.54) is 0 Å². The first kappa shape index (κ1) is 10.7. The highest BCUT2D eigenvalue weighted by atomic mass is 16.3. The lowest BCUT2D eigenvalue weighted by atomic mass is 10.3. The van der Waals surface area contributed by atoms with E-state index in [0.29, 0.717) is 6.42 Å². The Hall–Kier alpha value is -1.30. The van der Waals surface area contributed by atoms with E-state index in [2.05, 4.69) is 9.98 Å². The van der Waals surface area contributed by atoms with Gasteiger partial charge in [-0.3, -0.25) is 0 Å². The van der Waals surface area contributed by atoms with Gasteiger partial charge in [-0.25, -0.2) is 4.99 Å². The van der Waals surface area contributed by atoms with Crippen LogP contribution in [0.3, 0.4) is 0 Å². The van der Waals surface area contributed by atoms with Gasteiger partial charge in [0.15, 0.2) is 5.96 Å². The van der Waals surface area contributed by atoms with Gasteiger partial charge < -0.3 is 22.3 Å². The number of nitrogens with zero attached hydrogens (tertiary/aromatic N) is 2. The van der Waals surface area contributed by atoms with Crippen LogP contribution < -0.4 is 17.2 Å². The maximum Gasteiger partial charge on any atom is 0.218 e. The molecule has 0 aromatic carbocycles. The first-order valence-electron chi connectivity index (χ1n) is 3.63. The zero-order valence-electron chi connectivity index (χ0n) is 7.07. The normalized spacial score (nSPS) is 14.0. The number of guanidine groups is 2. The van der Waals surface area contributed by atoms with E-state index in [0.717, 1.165) is 0 Å². The molecule has 0 aliphatic carbocycles. The average Bonchev–Trinajstić information content (AvgIpc) is 1.99. The lowest BCUT2D eigenvalue weighted by Gasteiger charge is -2.02. The molecule has 0 saturated carbocycles. The Morgan fingerprint density at radius 3 is 2.42 bits per heavy atom. The van der Waals surface area contributed by atoms with Crippen LogP contribution in [0.1, 0.15) is 13.3 Å². The zero-order chi connectivity index (χ0) is 9.56. The highest BCUT2D eigenvalue weighted by Gasteiger charge is 1.98. The van der Waals surface area contributed by atoms with Gasteiger partial charge in [0, 0.05) is 0 Å². The standard InChI is InChI=1S/C6H15N5O/c1-2-4(12)3-10-6(9)11-5(7)8/h4,12H,2-3H2,1H3,(H6,7,8,9,10,11). The largest absolute Gasteiger partial charge is 0.391 e. The van der Waals surface area contributed by atoms with E-state index in [1.807, 2.05) is 6.92 Å². The van der Waals surface area contributed by atoms with Gasteiger partial charge in [0.05, 0.1) is 12.6 Å². The molecule has 0 fully saturated rings. The van der Waals surface area contributed by atoms with Crippen molar-refractivity contribution in [2.75, 3.05) is 6.54 Å². The van der Waals surface area contributed by atoms with Crippen LogP contribution in [0.25, 0.3) is 0 Å². The molecule has 1 atom stereocenters. The van der Waals surface area contributed by atoms with Gasteiger partial charge in [-0.05, 0) is 6.42 Å². The van der Waals surface area contributed by atoms with E-state index in [9.17, 15) is 0 Å². The van der Waals surface area contributed by atoms with Gasteiger partial charge in [0.25, 0.3) is 0 Å². The second kappa shape index (κ2) is 5.36. The lowest BCUT2D eigenvalue weighted by molar-refractivity contribution is 0.179. The van der Waals surface area contributed by atoms with Crippen molar-refractivity contribution < 1.29 is 5.11 Å². The van der Waals surface area contributed by atoms with E-state index in [1.54, 1.807) is 0 Å². The zero-order valence-corrected chi connectivity index (χ0v) is 7.07. The molecule has 0 amide bonds. The predicted molar refractivity (Wildman–Crippen MR) is 48.6 cm³/mol. The summed E-state index contributed by atoms with van der Waals surface area (Å²) in [5, 5.41) is 9.07. The second-order valence-electron chi connectivity index (χ2n) is 2.30. The molecule has 0 rings (SSSR count). The van der Waals surface area contributed by atoms with Crippen molar-refractivity contribution in [3.05, 3.63) is 0 Å². The van der Waals surface area contributed by atoms with E-state index >= 15 is 0 Å². The quantitative estimate of drug-likeness (QED) is 0.301.